The normalized spacial score (nSPS) is 21.9. The molecule has 0 saturated carbocycles. The Labute approximate surface area is 224 Å². The number of aryl methyl sites for hydroxylation is 1. The summed E-state index contributed by atoms with van der Waals surface area (Å²) in [5, 5.41) is 24.6. The SMILES string of the molecule is CC[C@@]1(O)C(=O)OCc2c1cc1n(c2=O)Cc2c-1nc1cc(F)c(Br)c3c1c2[C@H](NC(=O)C[C@H](C)O)CC3. The van der Waals surface area contributed by atoms with Gasteiger partial charge >= 0.3 is 5.97 Å². The summed E-state index contributed by atoms with van der Waals surface area (Å²) in [6.07, 6.45) is 0.125. The average Bonchev–Trinajstić information content (AvgIpc) is 3.24. The van der Waals surface area contributed by atoms with Crippen molar-refractivity contribution in [3.05, 3.63) is 60.6 Å². The molecule has 0 radical (unpaired) electrons. The fourth-order valence-electron chi connectivity index (χ4n) is 6.02. The summed E-state index contributed by atoms with van der Waals surface area (Å²) in [6.45, 7) is 3.09. The van der Waals surface area contributed by atoms with E-state index in [0.717, 1.165) is 16.5 Å². The van der Waals surface area contributed by atoms with Crippen molar-refractivity contribution in [2.75, 3.05) is 0 Å². The van der Waals surface area contributed by atoms with E-state index in [9.17, 15) is 29.0 Å². The first kappa shape index (κ1) is 25.1. The molecule has 3 N–H and O–H groups in total. The molecule has 3 aliphatic rings. The molecule has 11 heteroatoms. The number of fused-ring (bicyclic) bond motifs is 5. The maximum absolute atomic E-state index is 14.9. The number of aliphatic hydroxyl groups is 2. The van der Waals surface area contributed by atoms with Crippen molar-refractivity contribution in [1.29, 1.82) is 0 Å². The molecule has 0 unspecified atom stereocenters. The number of nitrogens with zero attached hydrogens (tertiary/aromatic N) is 2. The van der Waals surface area contributed by atoms with Crippen LogP contribution < -0.4 is 10.9 Å². The summed E-state index contributed by atoms with van der Waals surface area (Å²) in [5.41, 5.74) is 1.49. The van der Waals surface area contributed by atoms with Crippen LogP contribution in [0.5, 0.6) is 0 Å². The molecule has 4 heterocycles. The van der Waals surface area contributed by atoms with Gasteiger partial charge in [0.05, 0.1) is 52.1 Å². The molecular formula is C27H25BrFN3O6. The molecule has 3 aromatic rings. The Balaban J connectivity index is 1.61. The number of halogens is 2. The van der Waals surface area contributed by atoms with Gasteiger partial charge < -0.3 is 24.8 Å². The first-order valence-corrected chi connectivity index (χ1v) is 13.3. The largest absolute Gasteiger partial charge is 0.458 e. The molecule has 1 aromatic carbocycles. The van der Waals surface area contributed by atoms with Gasteiger partial charge in [-0.25, -0.2) is 14.2 Å². The zero-order chi connectivity index (χ0) is 27.1. The second-order valence-corrected chi connectivity index (χ2v) is 11.0. The van der Waals surface area contributed by atoms with E-state index in [1.165, 1.54) is 17.6 Å². The molecule has 198 valence electrons. The van der Waals surface area contributed by atoms with Gasteiger partial charge in [0.1, 0.15) is 12.4 Å². The Morgan fingerprint density at radius 1 is 1.34 bits per heavy atom. The van der Waals surface area contributed by atoms with Crippen molar-refractivity contribution >= 4 is 38.7 Å². The molecule has 1 amide bonds. The molecule has 6 rings (SSSR count). The van der Waals surface area contributed by atoms with Crippen LogP contribution in [0.15, 0.2) is 21.4 Å². The van der Waals surface area contributed by atoms with Crippen LogP contribution in [0, 0.1) is 5.82 Å². The number of carbonyl (C=O) groups is 2. The van der Waals surface area contributed by atoms with E-state index >= 15 is 0 Å². The number of pyridine rings is 2. The van der Waals surface area contributed by atoms with Crippen molar-refractivity contribution in [3.63, 3.8) is 0 Å². The second kappa shape index (κ2) is 8.69. The topological polar surface area (TPSA) is 131 Å². The van der Waals surface area contributed by atoms with Crippen LogP contribution in [0.3, 0.4) is 0 Å². The molecule has 38 heavy (non-hydrogen) atoms. The first-order valence-electron chi connectivity index (χ1n) is 12.5. The second-order valence-electron chi connectivity index (χ2n) is 10.2. The minimum atomic E-state index is -1.96. The number of ether oxygens (including phenoxy) is 1. The van der Waals surface area contributed by atoms with Crippen LogP contribution in [0.25, 0.3) is 22.3 Å². The molecule has 1 aliphatic carbocycles. The highest BCUT2D eigenvalue weighted by molar-refractivity contribution is 9.10. The first-order chi connectivity index (χ1) is 18.0. The number of aromatic nitrogens is 2. The number of hydrogen-bond donors (Lipinski definition) is 3. The molecule has 2 aromatic heterocycles. The van der Waals surface area contributed by atoms with Crippen LogP contribution in [-0.4, -0.2) is 37.7 Å². The lowest BCUT2D eigenvalue weighted by Gasteiger charge is -2.31. The van der Waals surface area contributed by atoms with Crippen LogP contribution in [-0.2, 0) is 39.5 Å². The van der Waals surface area contributed by atoms with Gasteiger partial charge in [0.15, 0.2) is 5.60 Å². The Morgan fingerprint density at radius 3 is 2.82 bits per heavy atom. The zero-order valence-electron chi connectivity index (χ0n) is 20.7. The summed E-state index contributed by atoms with van der Waals surface area (Å²) < 4.78 is 21.9. The van der Waals surface area contributed by atoms with E-state index in [-0.39, 0.29) is 43.0 Å². The fourth-order valence-corrected chi connectivity index (χ4v) is 6.53. The zero-order valence-corrected chi connectivity index (χ0v) is 22.3. The van der Waals surface area contributed by atoms with E-state index in [1.807, 2.05) is 0 Å². The maximum Gasteiger partial charge on any atom is 0.343 e. The predicted molar refractivity (Wildman–Crippen MR) is 138 cm³/mol. The molecule has 0 spiro atoms. The number of carbonyl (C=O) groups excluding carboxylic acids is 2. The van der Waals surface area contributed by atoms with Gasteiger partial charge in [0.2, 0.25) is 5.91 Å². The highest BCUT2D eigenvalue weighted by atomic mass is 79.9. The molecule has 2 aliphatic heterocycles. The molecule has 0 fully saturated rings. The van der Waals surface area contributed by atoms with Crippen molar-refractivity contribution in [2.45, 2.75) is 70.4 Å². The van der Waals surface area contributed by atoms with Crippen LogP contribution >= 0.6 is 15.9 Å². The average molecular weight is 586 g/mol. The predicted octanol–water partition coefficient (Wildman–Crippen LogP) is 2.86. The van der Waals surface area contributed by atoms with Gasteiger partial charge in [0, 0.05) is 22.6 Å². The Hall–Kier alpha value is -3.15. The van der Waals surface area contributed by atoms with Gasteiger partial charge in [-0.15, -0.1) is 0 Å². The molecule has 9 nitrogen and oxygen atoms in total. The smallest absolute Gasteiger partial charge is 0.343 e. The summed E-state index contributed by atoms with van der Waals surface area (Å²) in [6, 6.07) is 2.49. The summed E-state index contributed by atoms with van der Waals surface area (Å²) in [7, 11) is 0. The molecule has 0 bridgehead atoms. The number of hydrogen-bond acceptors (Lipinski definition) is 7. The third-order valence-corrected chi connectivity index (χ3v) is 8.72. The Kier molecular flexibility index (Phi) is 5.75. The standard InChI is InChI=1S/C27H25BrFN3O6/c1-3-27(37)15-7-19-24-13(9-32(19)25(35)14(15)10-38-26(27)36)22-17(30-20(34)6-11(2)33)5-4-12-21(22)18(31-24)8-16(29)23(12)28/h7-8,11,17,33,37H,3-6,9-10H2,1-2H3,(H,30,34)/t11-,17+,27-/m0/s1. The van der Waals surface area contributed by atoms with Gasteiger partial charge in [0.25, 0.3) is 5.56 Å². The monoisotopic (exact) mass is 585 g/mol. The number of cyclic esters (lactones) is 1. The highest BCUT2D eigenvalue weighted by Gasteiger charge is 2.46. The van der Waals surface area contributed by atoms with Gasteiger partial charge in [-0.3, -0.25) is 9.59 Å². The number of rotatable bonds is 4. The highest BCUT2D eigenvalue weighted by Crippen LogP contribution is 2.46. The van der Waals surface area contributed by atoms with Crippen molar-refractivity contribution in [1.82, 2.24) is 14.9 Å². The van der Waals surface area contributed by atoms with E-state index in [0.29, 0.717) is 39.8 Å². The Morgan fingerprint density at radius 2 is 2.11 bits per heavy atom. The van der Waals surface area contributed by atoms with E-state index in [4.69, 9.17) is 9.72 Å². The van der Waals surface area contributed by atoms with Crippen molar-refractivity contribution in [2.24, 2.45) is 0 Å². The fraction of sp³-hybridized carbons (Fsp3) is 0.407. The lowest BCUT2D eigenvalue weighted by molar-refractivity contribution is -0.172. The van der Waals surface area contributed by atoms with E-state index < -0.39 is 35.1 Å². The third kappa shape index (κ3) is 3.48. The summed E-state index contributed by atoms with van der Waals surface area (Å²) >= 11 is 3.37. The van der Waals surface area contributed by atoms with E-state index in [2.05, 4.69) is 21.2 Å². The van der Waals surface area contributed by atoms with Crippen LogP contribution in [0.4, 0.5) is 4.39 Å². The Bertz CT molecular complexity index is 1630. The number of esters is 1. The number of benzene rings is 1. The lowest BCUT2D eigenvalue weighted by atomic mass is 9.83. The van der Waals surface area contributed by atoms with E-state index in [1.54, 1.807) is 13.0 Å². The number of aliphatic hydroxyl groups excluding tert-OH is 1. The third-order valence-electron chi connectivity index (χ3n) is 7.86. The maximum atomic E-state index is 14.9. The minimum absolute atomic E-state index is 0.0188. The van der Waals surface area contributed by atoms with Gasteiger partial charge in [-0.2, -0.15) is 0 Å². The van der Waals surface area contributed by atoms with Gasteiger partial charge in [-0.05, 0) is 59.3 Å². The van der Waals surface area contributed by atoms with Crippen molar-refractivity contribution < 1.29 is 28.9 Å². The van der Waals surface area contributed by atoms with Crippen LogP contribution in [0.2, 0.25) is 0 Å². The quantitative estimate of drug-likeness (QED) is 0.314. The lowest BCUT2D eigenvalue weighted by Crippen LogP contribution is -2.44. The summed E-state index contributed by atoms with van der Waals surface area (Å²) in [5.74, 6) is -1.60. The number of amides is 1. The summed E-state index contributed by atoms with van der Waals surface area (Å²) in [4.78, 5) is 43.5. The molecule has 0 saturated heterocycles. The van der Waals surface area contributed by atoms with Crippen molar-refractivity contribution in [3.8, 4) is 11.4 Å². The van der Waals surface area contributed by atoms with Crippen LogP contribution in [0.1, 0.15) is 67.0 Å². The molecule has 3 atom stereocenters. The number of nitrogens with one attached hydrogen (secondary N) is 1. The minimum Gasteiger partial charge on any atom is -0.458 e. The van der Waals surface area contributed by atoms with Gasteiger partial charge in [-0.1, -0.05) is 6.92 Å². The molecular weight excluding hydrogens is 561 g/mol.